The zero-order valence-corrected chi connectivity index (χ0v) is 13.8. The summed E-state index contributed by atoms with van der Waals surface area (Å²) in [7, 11) is 0. The highest BCUT2D eigenvalue weighted by Crippen LogP contribution is 2.17. The van der Waals surface area contributed by atoms with E-state index < -0.39 is 11.6 Å². The van der Waals surface area contributed by atoms with Crippen LogP contribution in [0.2, 0.25) is 0 Å². The molecule has 1 aromatic carbocycles. The van der Waals surface area contributed by atoms with Gasteiger partial charge in [0.25, 0.3) is 0 Å². The summed E-state index contributed by atoms with van der Waals surface area (Å²) >= 11 is 0. The number of rotatable bonds is 7. The lowest BCUT2D eigenvalue weighted by atomic mass is 9.93. The number of carbonyl (C=O) groups excluding carboxylic acids is 1. The van der Waals surface area contributed by atoms with E-state index >= 15 is 0 Å². The minimum atomic E-state index is -0.941. The molecule has 1 aromatic rings. The van der Waals surface area contributed by atoms with Crippen LogP contribution in [0.15, 0.2) is 18.2 Å². The van der Waals surface area contributed by atoms with E-state index in [1.165, 1.54) is 6.07 Å². The molecular weight excluding hydrogens is 326 g/mol. The molecule has 0 radical (unpaired) electrons. The van der Waals surface area contributed by atoms with E-state index in [9.17, 15) is 13.6 Å². The van der Waals surface area contributed by atoms with Crippen LogP contribution in [-0.2, 0) is 4.79 Å². The molecular formula is C16H23ClF2N2O2. The molecule has 0 atom stereocenters. The second-order valence-corrected chi connectivity index (χ2v) is 5.51. The fraction of sp³-hybridized carbons (Fsp3) is 0.562. The van der Waals surface area contributed by atoms with Crippen LogP contribution in [0.3, 0.4) is 0 Å². The molecule has 0 aliphatic carbocycles. The Hall–Kier alpha value is -1.40. The zero-order valence-electron chi connectivity index (χ0n) is 12.9. The van der Waals surface area contributed by atoms with Crippen LogP contribution in [-0.4, -0.2) is 32.1 Å². The lowest BCUT2D eigenvalue weighted by molar-refractivity contribution is -0.121. The first kappa shape index (κ1) is 19.6. The normalized spacial score (nSPS) is 14.9. The van der Waals surface area contributed by atoms with E-state index in [1.807, 2.05) is 0 Å². The number of piperidine rings is 1. The van der Waals surface area contributed by atoms with Gasteiger partial charge in [-0.15, -0.1) is 12.4 Å². The maximum Gasteiger partial charge on any atom is 0.220 e. The van der Waals surface area contributed by atoms with Crippen LogP contribution in [0.1, 0.15) is 25.7 Å². The van der Waals surface area contributed by atoms with Crippen molar-refractivity contribution >= 4 is 18.3 Å². The highest BCUT2D eigenvalue weighted by atomic mass is 35.5. The molecule has 1 saturated heterocycles. The predicted octanol–water partition coefficient (Wildman–Crippen LogP) is 2.66. The second-order valence-electron chi connectivity index (χ2n) is 5.51. The molecule has 130 valence electrons. The summed E-state index contributed by atoms with van der Waals surface area (Å²) in [4.78, 5) is 11.7. The molecule has 1 aliphatic rings. The summed E-state index contributed by atoms with van der Waals surface area (Å²) in [6, 6.07) is 3.37. The van der Waals surface area contributed by atoms with Gasteiger partial charge in [-0.2, -0.15) is 0 Å². The molecule has 0 aromatic heterocycles. The largest absolute Gasteiger partial charge is 0.492 e. The SMILES string of the molecule is Cl.O=C(CCC1CCNCC1)NCCOc1ccc(F)c(F)c1. The van der Waals surface area contributed by atoms with Crippen molar-refractivity contribution in [1.29, 1.82) is 0 Å². The van der Waals surface area contributed by atoms with Gasteiger partial charge in [-0.25, -0.2) is 8.78 Å². The summed E-state index contributed by atoms with van der Waals surface area (Å²) in [5.41, 5.74) is 0. The summed E-state index contributed by atoms with van der Waals surface area (Å²) in [6.45, 7) is 2.65. The molecule has 0 unspecified atom stereocenters. The Morgan fingerprint density at radius 3 is 2.70 bits per heavy atom. The van der Waals surface area contributed by atoms with E-state index in [4.69, 9.17) is 4.74 Å². The number of halogens is 3. The number of hydrogen-bond donors (Lipinski definition) is 2. The maximum atomic E-state index is 13.0. The Morgan fingerprint density at radius 1 is 1.26 bits per heavy atom. The van der Waals surface area contributed by atoms with Crippen molar-refractivity contribution in [2.24, 2.45) is 5.92 Å². The van der Waals surface area contributed by atoms with Crippen molar-refractivity contribution in [3.8, 4) is 5.75 Å². The van der Waals surface area contributed by atoms with E-state index in [0.717, 1.165) is 44.5 Å². The summed E-state index contributed by atoms with van der Waals surface area (Å²) in [5, 5.41) is 6.07. The number of carbonyl (C=O) groups is 1. The van der Waals surface area contributed by atoms with Crippen LogP contribution in [0, 0.1) is 17.6 Å². The van der Waals surface area contributed by atoms with Gasteiger partial charge in [0.1, 0.15) is 12.4 Å². The van der Waals surface area contributed by atoms with Crippen molar-refractivity contribution in [3.63, 3.8) is 0 Å². The van der Waals surface area contributed by atoms with Crippen molar-refractivity contribution in [3.05, 3.63) is 29.8 Å². The maximum absolute atomic E-state index is 13.0. The average Bonchev–Trinajstić information content (AvgIpc) is 2.54. The van der Waals surface area contributed by atoms with Crippen LogP contribution in [0.25, 0.3) is 0 Å². The van der Waals surface area contributed by atoms with Gasteiger partial charge in [0.15, 0.2) is 11.6 Å². The Morgan fingerprint density at radius 2 is 2.00 bits per heavy atom. The second kappa shape index (κ2) is 10.4. The number of amides is 1. The monoisotopic (exact) mass is 348 g/mol. The van der Waals surface area contributed by atoms with Gasteiger partial charge < -0.3 is 15.4 Å². The van der Waals surface area contributed by atoms with E-state index in [-0.39, 0.29) is 30.7 Å². The van der Waals surface area contributed by atoms with Gasteiger partial charge in [0, 0.05) is 12.5 Å². The number of hydrogen-bond acceptors (Lipinski definition) is 3. The van der Waals surface area contributed by atoms with Crippen molar-refractivity contribution in [2.45, 2.75) is 25.7 Å². The molecule has 7 heteroatoms. The third kappa shape index (κ3) is 7.14. The average molecular weight is 349 g/mol. The molecule has 2 N–H and O–H groups in total. The van der Waals surface area contributed by atoms with Crippen LogP contribution >= 0.6 is 12.4 Å². The lowest BCUT2D eigenvalue weighted by Gasteiger charge is -2.22. The molecule has 1 amide bonds. The molecule has 2 rings (SSSR count). The Balaban J connectivity index is 0.00000264. The summed E-state index contributed by atoms with van der Waals surface area (Å²) < 4.78 is 31.0. The minimum Gasteiger partial charge on any atom is -0.492 e. The van der Waals surface area contributed by atoms with Gasteiger partial charge in [-0.05, 0) is 50.4 Å². The van der Waals surface area contributed by atoms with Gasteiger partial charge in [-0.3, -0.25) is 4.79 Å². The van der Waals surface area contributed by atoms with Gasteiger partial charge in [0.2, 0.25) is 5.91 Å². The molecule has 0 spiro atoms. The van der Waals surface area contributed by atoms with Crippen molar-refractivity contribution in [1.82, 2.24) is 10.6 Å². The Bertz CT molecular complexity index is 497. The van der Waals surface area contributed by atoms with Gasteiger partial charge >= 0.3 is 0 Å². The van der Waals surface area contributed by atoms with Crippen LogP contribution in [0.4, 0.5) is 8.78 Å². The standard InChI is InChI=1S/C16H22F2N2O2.ClH/c17-14-3-2-13(11-15(14)18)22-10-9-20-16(21)4-1-12-5-7-19-8-6-12;/h2-3,11-12,19H,1,4-10H2,(H,20,21);1H. The number of ether oxygens (including phenoxy) is 1. The molecule has 1 fully saturated rings. The van der Waals surface area contributed by atoms with E-state index in [1.54, 1.807) is 0 Å². The Kier molecular flexibility index (Phi) is 8.87. The molecule has 1 aliphatic heterocycles. The molecule has 23 heavy (non-hydrogen) atoms. The van der Waals surface area contributed by atoms with E-state index in [2.05, 4.69) is 10.6 Å². The van der Waals surface area contributed by atoms with Gasteiger partial charge in [0.05, 0.1) is 6.54 Å². The third-order valence-electron chi connectivity index (χ3n) is 3.82. The first-order valence-corrected chi connectivity index (χ1v) is 7.70. The first-order chi connectivity index (χ1) is 10.6. The molecule has 0 saturated carbocycles. The van der Waals surface area contributed by atoms with Crippen molar-refractivity contribution in [2.75, 3.05) is 26.2 Å². The summed E-state index contributed by atoms with van der Waals surface area (Å²) in [6.07, 6.45) is 3.70. The smallest absolute Gasteiger partial charge is 0.220 e. The fourth-order valence-corrected chi connectivity index (χ4v) is 2.52. The predicted molar refractivity (Wildman–Crippen MR) is 86.9 cm³/mol. The fourth-order valence-electron chi connectivity index (χ4n) is 2.52. The zero-order chi connectivity index (χ0) is 15.8. The highest BCUT2D eigenvalue weighted by molar-refractivity contribution is 5.85. The molecule has 0 bridgehead atoms. The molecule has 1 heterocycles. The van der Waals surface area contributed by atoms with E-state index in [0.29, 0.717) is 18.9 Å². The van der Waals surface area contributed by atoms with Crippen LogP contribution in [0.5, 0.6) is 5.75 Å². The minimum absolute atomic E-state index is 0. The molecule has 4 nitrogen and oxygen atoms in total. The lowest BCUT2D eigenvalue weighted by Crippen LogP contribution is -2.30. The Labute approximate surface area is 141 Å². The number of benzene rings is 1. The third-order valence-corrected chi connectivity index (χ3v) is 3.82. The van der Waals surface area contributed by atoms with Crippen molar-refractivity contribution < 1.29 is 18.3 Å². The van der Waals surface area contributed by atoms with Gasteiger partial charge in [-0.1, -0.05) is 0 Å². The highest BCUT2D eigenvalue weighted by Gasteiger charge is 2.14. The quantitative estimate of drug-likeness (QED) is 0.745. The van der Waals surface area contributed by atoms with Crippen LogP contribution < -0.4 is 15.4 Å². The topological polar surface area (TPSA) is 50.4 Å². The first-order valence-electron chi connectivity index (χ1n) is 7.70. The summed E-state index contributed by atoms with van der Waals surface area (Å²) in [5.74, 6) is -0.956. The number of nitrogens with one attached hydrogen (secondary N) is 2.